The van der Waals surface area contributed by atoms with Gasteiger partial charge in [0.1, 0.15) is 5.75 Å². The predicted octanol–water partition coefficient (Wildman–Crippen LogP) is 0.895. The van der Waals surface area contributed by atoms with Gasteiger partial charge in [0.05, 0.1) is 7.11 Å². The summed E-state index contributed by atoms with van der Waals surface area (Å²) in [5.41, 5.74) is 1.07. The van der Waals surface area contributed by atoms with Gasteiger partial charge in [-0.05, 0) is 24.1 Å². The van der Waals surface area contributed by atoms with Crippen molar-refractivity contribution in [2.45, 2.75) is 6.42 Å². The number of benzene rings is 1. The van der Waals surface area contributed by atoms with E-state index in [1.807, 2.05) is 24.3 Å². The molecule has 0 fully saturated rings. The van der Waals surface area contributed by atoms with E-state index in [1.54, 1.807) is 14.2 Å². The molecule has 0 heterocycles. The third-order valence-electron chi connectivity index (χ3n) is 2.35. The van der Waals surface area contributed by atoms with Crippen LogP contribution in [0.4, 0.5) is 0 Å². The van der Waals surface area contributed by atoms with Crippen LogP contribution in [0, 0.1) is 0 Å². The van der Waals surface area contributed by atoms with Crippen molar-refractivity contribution in [2.24, 2.45) is 0 Å². The molecule has 0 aliphatic heterocycles. The third kappa shape index (κ3) is 3.38. The fraction of sp³-hybridized carbons (Fsp3) is 0.333. The lowest BCUT2D eigenvalue weighted by Crippen LogP contribution is -2.29. The molecule has 0 spiro atoms. The van der Waals surface area contributed by atoms with Crippen molar-refractivity contribution in [3.05, 3.63) is 29.8 Å². The summed E-state index contributed by atoms with van der Waals surface area (Å²) in [4.78, 5) is 22.6. The van der Waals surface area contributed by atoms with E-state index < -0.39 is 5.91 Å². The van der Waals surface area contributed by atoms with Crippen LogP contribution in [0.5, 0.6) is 5.75 Å². The number of carbonyl (C=O) groups is 2. The zero-order valence-electron chi connectivity index (χ0n) is 9.47. The SMILES string of the molecule is COc1cccc(CCN(C)C(=O)C=O)c1. The normalized spacial score (nSPS) is 9.62. The minimum atomic E-state index is -0.497. The monoisotopic (exact) mass is 221 g/mol. The van der Waals surface area contributed by atoms with Crippen molar-refractivity contribution in [1.29, 1.82) is 0 Å². The maximum absolute atomic E-state index is 11.0. The molecule has 4 nitrogen and oxygen atoms in total. The summed E-state index contributed by atoms with van der Waals surface area (Å²) >= 11 is 0. The Bertz CT molecular complexity index is 376. The summed E-state index contributed by atoms with van der Waals surface area (Å²) < 4.78 is 5.09. The molecule has 0 saturated heterocycles. The molecule has 0 unspecified atom stereocenters. The average molecular weight is 221 g/mol. The average Bonchev–Trinajstić information content (AvgIpc) is 2.35. The molecular formula is C12H15NO3. The second kappa shape index (κ2) is 5.90. The fourth-order valence-electron chi connectivity index (χ4n) is 1.32. The number of methoxy groups -OCH3 is 1. The molecule has 1 aromatic carbocycles. The van der Waals surface area contributed by atoms with Crippen molar-refractivity contribution in [1.82, 2.24) is 4.90 Å². The van der Waals surface area contributed by atoms with Crippen molar-refractivity contribution >= 4 is 12.2 Å². The number of ether oxygens (including phenoxy) is 1. The number of hydrogen-bond acceptors (Lipinski definition) is 3. The number of aldehydes is 1. The first kappa shape index (κ1) is 12.2. The van der Waals surface area contributed by atoms with Crippen LogP contribution < -0.4 is 4.74 Å². The second-order valence-corrected chi connectivity index (χ2v) is 3.48. The predicted molar refractivity (Wildman–Crippen MR) is 60.4 cm³/mol. The summed E-state index contributed by atoms with van der Waals surface area (Å²) in [7, 11) is 3.22. The standard InChI is InChI=1S/C12H15NO3/c1-13(12(15)9-14)7-6-10-4-3-5-11(8-10)16-2/h3-5,8-9H,6-7H2,1-2H3. The van der Waals surface area contributed by atoms with Gasteiger partial charge >= 0.3 is 0 Å². The summed E-state index contributed by atoms with van der Waals surface area (Å²) in [5.74, 6) is 0.296. The van der Waals surface area contributed by atoms with Crippen LogP contribution in [0.2, 0.25) is 0 Å². The van der Waals surface area contributed by atoms with E-state index in [9.17, 15) is 9.59 Å². The molecule has 0 N–H and O–H groups in total. The van der Waals surface area contributed by atoms with Crippen LogP contribution in [0.15, 0.2) is 24.3 Å². The highest BCUT2D eigenvalue weighted by atomic mass is 16.5. The molecule has 0 aliphatic rings. The van der Waals surface area contributed by atoms with Gasteiger partial charge in [-0.2, -0.15) is 0 Å². The Morgan fingerprint density at radius 2 is 2.25 bits per heavy atom. The Labute approximate surface area is 94.8 Å². The molecule has 1 aromatic rings. The number of hydrogen-bond donors (Lipinski definition) is 0. The Morgan fingerprint density at radius 1 is 1.50 bits per heavy atom. The topological polar surface area (TPSA) is 46.6 Å². The van der Waals surface area contributed by atoms with Crippen LogP contribution in [0.3, 0.4) is 0 Å². The van der Waals surface area contributed by atoms with E-state index in [0.29, 0.717) is 19.3 Å². The van der Waals surface area contributed by atoms with E-state index in [1.165, 1.54) is 4.90 Å². The van der Waals surface area contributed by atoms with Crippen LogP contribution >= 0.6 is 0 Å². The van der Waals surface area contributed by atoms with Crippen molar-refractivity contribution < 1.29 is 14.3 Å². The molecule has 86 valence electrons. The highest BCUT2D eigenvalue weighted by molar-refractivity contribution is 6.23. The smallest absolute Gasteiger partial charge is 0.286 e. The molecule has 0 atom stereocenters. The van der Waals surface area contributed by atoms with Crippen LogP contribution in [-0.2, 0) is 16.0 Å². The first-order chi connectivity index (χ1) is 7.67. The molecule has 0 saturated carbocycles. The lowest BCUT2D eigenvalue weighted by atomic mass is 10.1. The zero-order chi connectivity index (χ0) is 12.0. The minimum Gasteiger partial charge on any atom is -0.497 e. The summed E-state index contributed by atoms with van der Waals surface area (Å²) in [6.07, 6.45) is 1.03. The van der Waals surface area contributed by atoms with E-state index in [2.05, 4.69) is 0 Å². The van der Waals surface area contributed by atoms with Crippen LogP contribution in [0.1, 0.15) is 5.56 Å². The first-order valence-electron chi connectivity index (χ1n) is 5.00. The molecule has 4 heteroatoms. The molecule has 0 bridgehead atoms. The summed E-state index contributed by atoms with van der Waals surface area (Å²) in [6.45, 7) is 0.519. The van der Waals surface area contributed by atoms with Crippen molar-refractivity contribution in [3.8, 4) is 5.75 Å². The molecule has 0 aliphatic carbocycles. The van der Waals surface area contributed by atoms with Gasteiger partial charge in [0.2, 0.25) is 6.29 Å². The minimum absolute atomic E-state index is 0.325. The van der Waals surface area contributed by atoms with Gasteiger partial charge in [0, 0.05) is 13.6 Å². The van der Waals surface area contributed by atoms with Gasteiger partial charge in [-0.25, -0.2) is 0 Å². The number of nitrogens with zero attached hydrogens (tertiary/aromatic N) is 1. The number of amides is 1. The van der Waals surface area contributed by atoms with E-state index in [0.717, 1.165) is 11.3 Å². The lowest BCUT2D eigenvalue weighted by molar-refractivity contribution is -0.137. The van der Waals surface area contributed by atoms with Crippen molar-refractivity contribution in [3.63, 3.8) is 0 Å². The second-order valence-electron chi connectivity index (χ2n) is 3.48. The third-order valence-corrected chi connectivity index (χ3v) is 2.35. The van der Waals surface area contributed by atoms with E-state index in [-0.39, 0.29) is 0 Å². The molecule has 1 rings (SSSR count). The molecule has 16 heavy (non-hydrogen) atoms. The maximum atomic E-state index is 11.0. The summed E-state index contributed by atoms with van der Waals surface area (Å²) in [6, 6.07) is 7.64. The molecule has 0 radical (unpaired) electrons. The van der Waals surface area contributed by atoms with Gasteiger partial charge in [-0.3, -0.25) is 9.59 Å². The lowest BCUT2D eigenvalue weighted by Gasteiger charge is -2.13. The Hall–Kier alpha value is -1.84. The Kier molecular flexibility index (Phi) is 4.51. The largest absolute Gasteiger partial charge is 0.497 e. The fourth-order valence-corrected chi connectivity index (χ4v) is 1.32. The molecule has 0 aromatic heterocycles. The van der Waals surface area contributed by atoms with Gasteiger partial charge in [0.25, 0.3) is 5.91 Å². The highest BCUT2D eigenvalue weighted by Gasteiger charge is 2.06. The number of carbonyl (C=O) groups excluding carboxylic acids is 2. The van der Waals surface area contributed by atoms with Gasteiger partial charge in [0.15, 0.2) is 0 Å². The van der Waals surface area contributed by atoms with Gasteiger partial charge in [-0.15, -0.1) is 0 Å². The van der Waals surface area contributed by atoms with Crippen LogP contribution in [0.25, 0.3) is 0 Å². The number of likely N-dealkylation sites (N-methyl/N-ethyl adjacent to an activating group) is 1. The molecular weight excluding hydrogens is 206 g/mol. The quantitative estimate of drug-likeness (QED) is 0.548. The summed E-state index contributed by atoms with van der Waals surface area (Å²) in [5, 5.41) is 0. The zero-order valence-corrected chi connectivity index (χ0v) is 9.47. The Balaban J connectivity index is 2.54. The van der Waals surface area contributed by atoms with Gasteiger partial charge in [-0.1, -0.05) is 12.1 Å². The Morgan fingerprint density at radius 3 is 2.88 bits per heavy atom. The van der Waals surface area contributed by atoms with Crippen LogP contribution in [-0.4, -0.2) is 37.8 Å². The van der Waals surface area contributed by atoms with Crippen molar-refractivity contribution in [2.75, 3.05) is 20.7 Å². The first-order valence-corrected chi connectivity index (χ1v) is 5.00. The highest BCUT2D eigenvalue weighted by Crippen LogP contribution is 2.12. The molecule has 1 amide bonds. The maximum Gasteiger partial charge on any atom is 0.286 e. The van der Waals surface area contributed by atoms with Gasteiger partial charge < -0.3 is 9.64 Å². The van der Waals surface area contributed by atoms with E-state index >= 15 is 0 Å². The van der Waals surface area contributed by atoms with E-state index in [4.69, 9.17) is 4.74 Å². The number of rotatable bonds is 5.